The Morgan fingerprint density at radius 2 is 1.25 bits per heavy atom. The summed E-state index contributed by atoms with van der Waals surface area (Å²) in [6.07, 6.45) is 0. The van der Waals surface area contributed by atoms with Crippen LogP contribution in [0.3, 0.4) is 0 Å². The minimum absolute atomic E-state index is 0. The second-order valence-corrected chi connectivity index (χ2v) is 0. The molecule has 0 N–H and O–H groups in total. The minimum atomic E-state index is 0. The molecule has 0 aromatic carbocycles. The molecule has 0 aliphatic rings. The second-order valence-electron chi connectivity index (χ2n) is 0. The third-order valence-electron chi connectivity index (χ3n) is 0. The first-order chi connectivity index (χ1) is 1.00. The van der Waals surface area contributed by atoms with Gasteiger partial charge in [0.05, 0.1) is 0 Å². The molecule has 4 heteroatoms. The zero-order chi connectivity index (χ0) is 2.00. The van der Waals surface area contributed by atoms with Crippen LogP contribution in [0.4, 0.5) is 0 Å². The molecule has 0 rings (SSSR count). The van der Waals surface area contributed by atoms with Gasteiger partial charge in [0.2, 0.25) is 0 Å². The van der Waals surface area contributed by atoms with Gasteiger partial charge in [-0.3, -0.25) is 0 Å². The van der Waals surface area contributed by atoms with E-state index in [4.69, 9.17) is 3.83 Å². The van der Waals surface area contributed by atoms with Gasteiger partial charge in [0.15, 0.2) is 0 Å². The van der Waals surface area contributed by atoms with Crippen molar-refractivity contribution >= 4 is 0 Å². The van der Waals surface area contributed by atoms with Crippen LogP contribution < -0.4 is 0 Å². The molecule has 0 aromatic heterocycles. The van der Waals surface area contributed by atoms with E-state index in [2.05, 4.69) is 0 Å². The van der Waals surface area contributed by atoms with Crippen LogP contribution in [-0.4, -0.2) is 0 Å². The summed E-state index contributed by atoms with van der Waals surface area (Å²) < 4.78 is 8.06. The third kappa shape index (κ3) is 9.45. The van der Waals surface area contributed by atoms with Gasteiger partial charge in [-0.1, -0.05) is 0 Å². The number of hydrogen-bond acceptors (Lipinski definition) is 1. The van der Waals surface area contributed by atoms with Crippen molar-refractivity contribution in [2.24, 2.45) is 0 Å². The molecule has 0 radical (unpaired) electrons. The topological polar surface area (TPSA) is 17.1 Å². The van der Waals surface area contributed by atoms with E-state index >= 15 is 0 Å². The van der Waals surface area contributed by atoms with Gasteiger partial charge in [-0.25, -0.2) is 0 Å². The first-order valence-electron chi connectivity index (χ1n) is 0.154. The smallest absolute Gasteiger partial charge is 0 e. The maximum Gasteiger partial charge on any atom is 0 e. The first-order valence-corrected chi connectivity index (χ1v) is 0.636. The van der Waals surface area contributed by atoms with Crippen LogP contribution in [0.1, 0.15) is 0 Å². The normalized spacial score (nSPS) is 1.00. The number of rotatable bonds is 0. The number of hydrogen-bond donors (Lipinski definition) is 0. The average Bonchev–Trinajstić information content (AvgIpc) is 1.00. The third-order valence-corrected chi connectivity index (χ3v) is 0. The van der Waals surface area contributed by atoms with Crippen molar-refractivity contribution in [3.63, 3.8) is 0 Å². The fraction of sp³-hybridized carbons (Fsp3) is 0. The Hall–Kier alpha value is 1.63. The van der Waals surface area contributed by atoms with Crippen molar-refractivity contribution in [2.45, 2.75) is 0 Å². The molecule has 0 fully saturated rings. The van der Waals surface area contributed by atoms with E-state index in [1.807, 2.05) is 0 Å². The van der Waals surface area contributed by atoms with Crippen molar-refractivity contribution in [1.29, 1.82) is 0 Å². The summed E-state index contributed by atoms with van der Waals surface area (Å²) in [7, 11) is 0. The fourth-order valence-corrected chi connectivity index (χ4v) is 0. The average molecular weight is 367 g/mol. The summed E-state index contributed by atoms with van der Waals surface area (Å²) in [5.74, 6) is 0. The molecule has 0 atom stereocenters. The van der Waals surface area contributed by atoms with Crippen molar-refractivity contribution in [3.8, 4) is 0 Å². The standard InChI is InChI=1S/Mn.O.Pt.Ru. The van der Waals surface area contributed by atoms with Crippen molar-refractivity contribution in [3.05, 3.63) is 0 Å². The van der Waals surface area contributed by atoms with Crippen LogP contribution >= 0.6 is 0 Å². The van der Waals surface area contributed by atoms with Gasteiger partial charge in [-0.2, -0.15) is 0 Å². The van der Waals surface area contributed by atoms with E-state index in [1.54, 1.807) is 15.9 Å². The SMILES string of the molecule is [O]=[Mn].[Pt].[Ru]. The molecule has 0 aliphatic heterocycles. The van der Waals surface area contributed by atoms with E-state index < -0.39 is 0 Å². The molecule has 0 spiro atoms. The molecule has 0 saturated heterocycles. The summed E-state index contributed by atoms with van der Waals surface area (Å²) in [5, 5.41) is 0. The molecule has 1 nitrogen and oxygen atoms in total. The molecular weight excluding hydrogens is 367 g/mol. The molecule has 0 amide bonds. The first kappa shape index (κ1) is 17.4. The molecular formula is MnOPtRu. The van der Waals surface area contributed by atoms with E-state index in [0.29, 0.717) is 0 Å². The fourth-order valence-electron chi connectivity index (χ4n) is 0. The zero-order valence-electron chi connectivity index (χ0n) is 1.46. The van der Waals surface area contributed by atoms with Crippen LogP contribution in [0.2, 0.25) is 0 Å². The molecule has 0 bridgehead atoms. The van der Waals surface area contributed by atoms with Gasteiger partial charge in [0, 0.05) is 40.5 Å². The molecule has 31 valence electrons. The Kier molecular flexibility index (Phi) is 100. The maximum absolute atomic E-state index is 8.06. The second kappa shape index (κ2) is 23.0. The van der Waals surface area contributed by atoms with Gasteiger partial charge >= 0.3 is 19.8 Å². The summed E-state index contributed by atoms with van der Waals surface area (Å²) in [5.41, 5.74) is 0. The predicted octanol–water partition coefficient (Wildman–Crippen LogP) is -0.126. The van der Waals surface area contributed by atoms with Crippen molar-refractivity contribution < 1.29 is 60.3 Å². The van der Waals surface area contributed by atoms with Crippen LogP contribution in [0.15, 0.2) is 0 Å². The summed E-state index contributed by atoms with van der Waals surface area (Å²) >= 11 is 1.69. The molecule has 4 heavy (non-hydrogen) atoms. The molecule has 0 saturated carbocycles. The summed E-state index contributed by atoms with van der Waals surface area (Å²) in [6.45, 7) is 0. The van der Waals surface area contributed by atoms with Crippen molar-refractivity contribution in [2.75, 3.05) is 0 Å². The summed E-state index contributed by atoms with van der Waals surface area (Å²) in [4.78, 5) is 0. The van der Waals surface area contributed by atoms with Crippen molar-refractivity contribution in [1.82, 2.24) is 0 Å². The molecule has 0 heterocycles. The predicted molar refractivity (Wildman–Crippen MR) is 0.686 cm³/mol. The monoisotopic (exact) mass is 368 g/mol. The van der Waals surface area contributed by atoms with E-state index in [9.17, 15) is 0 Å². The largest absolute Gasteiger partial charge is 0 e. The van der Waals surface area contributed by atoms with Gasteiger partial charge in [0.25, 0.3) is 0 Å². The molecule has 0 unspecified atom stereocenters. The van der Waals surface area contributed by atoms with E-state index in [0.717, 1.165) is 0 Å². The maximum atomic E-state index is 8.06. The Balaban J connectivity index is -0.00000000500. The van der Waals surface area contributed by atoms with Gasteiger partial charge in [0.1, 0.15) is 0 Å². The minimum Gasteiger partial charge on any atom is 0 e. The summed E-state index contributed by atoms with van der Waals surface area (Å²) in [6, 6.07) is 0. The van der Waals surface area contributed by atoms with Gasteiger partial charge in [-0.15, -0.1) is 0 Å². The Morgan fingerprint density at radius 3 is 1.25 bits per heavy atom. The van der Waals surface area contributed by atoms with Crippen LogP contribution in [-0.2, 0) is 60.3 Å². The molecule has 0 aromatic rings. The Labute approximate surface area is 60.0 Å². The van der Waals surface area contributed by atoms with Crippen LogP contribution in [0, 0.1) is 0 Å². The Bertz CT molecular complexity index is 8.00. The zero-order valence-corrected chi connectivity index (χ0v) is 6.65. The van der Waals surface area contributed by atoms with Gasteiger partial charge < -0.3 is 0 Å². The van der Waals surface area contributed by atoms with Gasteiger partial charge in [-0.05, 0) is 0 Å². The van der Waals surface area contributed by atoms with E-state index in [1.165, 1.54) is 0 Å². The van der Waals surface area contributed by atoms with Crippen LogP contribution in [0.5, 0.6) is 0 Å². The quantitative estimate of drug-likeness (QED) is 0.546. The Morgan fingerprint density at radius 1 is 1.25 bits per heavy atom. The van der Waals surface area contributed by atoms with E-state index in [-0.39, 0.29) is 40.5 Å². The molecule has 0 aliphatic carbocycles. The van der Waals surface area contributed by atoms with Crippen LogP contribution in [0.25, 0.3) is 0 Å².